The van der Waals surface area contributed by atoms with Crippen molar-refractivity contribution in [2.75, 3.05) is 13.2 Å². The van der Waals surface area contributed by atoms with Gasteiger partial charge in [-0.05, 0) is 98.6 Å². The second-order valence-electron chi connectivity index (χ2n) is 9.23. The Bertz CT molecular complexity index is 1500. The molecule has 0 unspecified atom stereocenters. The summed E-state index contributed by atoms with van der Waals surface area (Å²) in [6.07, 6.45) is 0.668. The molecule has 1 atom stereocenters. The van der Waals surface area contributed by atoms with Crippen LogP contribution in [0.2, 0.25) is 0 Å². The van der Waals surface area contributed by atoms with Crippen molar-refractivity contribution in [1.82, 2.24) is 5.43 Å². The zero-order valence-corrected chi connectivity index (χ0v) is 24.3. The molecule has 43 heavy (non-hydrogen) atoms. The lowest BCUT2D eigenvalue weighted by Crippen LogP contribution is -2.33. The van der Waals surface area contributed by atoms with Crippen molar-refractivity contribution in [3.8, 4) is 28.7 Å². The third-order valence-corrected chi connectivity index (χ3v) is 6.01. The molecule has 0 saturated heterocycles. The van der Waals surface area contributed by atoms with Crippen molar-refractivity contribution in [1.29, 1.82) is 0 Å². The number of carbonyl (C=O) groups is 2. The average Bonchev–Trinajstić information content (AvgIpc) is 3.03. The Balaban J connectivity index is 1.28. The van der Waals surface area contributed by atoms with Gasteiger partial charge in [-0.15, -0.1) is 0 Å². The fourth-order valence-corrected chi connectivity index (χ4v) is 3.84. The van der Waals surface area contributed by atoms with Crippen LogP contribution < -0.4 is 29.1 Å². The summed E-state index contributed by atoms with van der Waals surface area (Å²) in [5.41, 5.74) is 4.56. The highest BCUT2D eigenvalue weighted by Crippen LogP contribution is 2.29. The van der Waals surface area contributed by atoms with Gasteiger partial charge < -0.3 is 23.7 Å². The lowest BCUT2D eigenvalue weighted by Gasteiger charge is -2.14. The summed E-state index contributed by atoms with van der Waals surface area (Å²) in [6.45, 7) is 6.70. The molecule has 0 aromatic heterocycles. The van der Waals surface area contributed by atoms with E-state index in [1.807, 2.05) is 44.2 Å². The second kappa shape index (κ2) is 15.6. The Kier molecular flexibility index (Phi) is 11.1. The Hall–Kier alpha value is -5.31. The normalized spacial score (nSPS) is 11.4. The van der Waals surface area contributed by atoms with Gasteiger partial charge in [-0.3, -0.25) is 4.79 Å². The van der Waals surface area contributed by atoms with E-state index in [4.69, 9.17) is 23.7 Å². The van der Waals surface area contributed by atoms with Gasteiger partial charge in [0.25, 0.3) is 5.91 Å². The van der Waals surface area contributed by atoms with Crippen LogP contribution in [0.15, 0.2) is 102 Å². The highest BCUT2D eigenvalue weighted by Gasteiger charge is 2.15. The summed E-state index contributed by atoms with van der Waals surface area (Å²) < 4.78 is 28.2. The zero-order chi connectivity index (χ0) is 30.4. The van der Waals surface area contributed by atoms with Gasteiger partial charge in [0.15, 0.2) is 17.6 Å². The molecule has 0 bridgehead atoms. The van der Waals surface area contributed by atoms with Crippen LogP contribution in [0.4, 0.5) is 0 Å². The molecule has 4 aromatic rings. The number of nitrogens with zero attached hydrogens (tertiary/aromatic N) is 1. The van der Waals surface area contributed by atoms with Crippen molar-refractivity contribution in [2.24, 2.45) is 5.10 Å². The molecular formula is C34H34N2O7. The molecule has 1 amide bonds. The van der Waals surface area contributed by atoms with Gasteiger partial charge in [-0.2, -0.15) is 5.10 Å². The number of nitrogens with one attached hydrogen (secondary N) is 1. The smallest absolute Gasteiger partial charge is 0.343 e. The summed E-state index contributed by atoms with van der Waals surface area (Å²) in [4.78, 5) is 25.2. The van der Waals surface area contributed by atoms with Crippen LogP contribution in [0.1, 0.15) is 42.3 Å². The van der Waals surface area contributed by atoms with E-state index in [-0.39, 0.29) is 5.75 Å². The van der Waals surface area contributed by atoms with E-state index < -0.39 is 18.0 Å². The minimum absolute atomic E-state index is 0.264. The van der Waals surface area contributed by atoms with Gasteiger partial charge in [0.05, 0.1) is 25.0 Å². The van der Waals surface area contributed by atoms with Crippen molar-refractivity contribution >= 4 is 18.1 Å². The first kappa shape index (κ1) is 30.6. The molecule has 4 aromatic carbocycles. The van der Waals surface area contributed by atoms with Crippen molar-refractivity contribution in [2.45, 2.75) is 33.5 Å². The van der Waals surface area contributed by atoms with E-state index in [0.29, 0.717) is 53.9 Å². The van der Waals surface area contributed by atoms with E-state index in [9.17, 15) is 9.59 Å². The molecule has 4 rings (SSSR count). The van der Waals surface area contributed by atoms with Gasteiger partial charge in [0, 0.05) is 0 Å². The third-order valence-electron chi connectivity index (χ3n) is 6.01. The number of hydrogen-bond acceptors (Lipinski definition) is 8. The molecule has 0 aliphatic rings. The lowest BCUT2D eigenvalue weighted by atomic mass is 10.2. The van der Waals surface area contributed by atoms with E-state index >= 15 is 0 Å². The molecular weight excluding hydrogens is 548 g/mol. The van der Waals surface area contributed by atoms with Crippen LogP contribution in [0.3, 0.4) is 0 Å². The van der Waals surface area contributed by atoms with E-state index in [0.717, 1.165) is 5.56 Å². The summed E-state index contributed by atoms with van der Waals surface area (Å²) in [6, 6.07) is 28.6. The molecule has 0 radical (unpaired) electrons. The van der Waals surface area contributed by atoms with Gasteiger partial charge in [-0.25, -0.2) is 10.2 Å². The van der Waals surface area contributed by atoms with E-state index in [1.54, 1.807) is 73.7 Å². The van der Waals surface area contributed by atoms with Crippen molar-refractivity contribution in [3.63, 3.8) is 0 Å². The summed E-state index contributed by atoms with van der Waals surface area (Å²) >= 11 is 0. The van der Waals surface area contributed by atoms with Crippen LogP contribution in [-0.2, 0) is 11.4 Å². The van der Waals surface area contributed by atoms with Crippen molar-refractivity contribution in [3.05, 3.63) is 114 Å². The number of hydrogen-bond donors (Lipinski definition) is 1. The molecule has 9 nitrogen and oxygen atoms in total. The van der Waals surface area contributed by atoms with E-state index in [1.165, 1.54) is 6.21 Å². The number of rotatable bonds is 14. The van der Waals surface area contributed by atoms with Crippen LogP contribution in [0.5, 0.6) is 28.7 Å². The minimum atomic E-state index is -0.795. The van der Waals surface area contributed by atoms with E-state index in [2.05, 4.69) is 10.5 Å². The number of hydrazone groups is 1. The van der Waals surface area contributed by atoms with Gasteiger partial charge in [0.1, 0.15) is 23.9 Å². The number of benzene rings is 4. The lowest BCUT2D eigenvalue weighted by molar-refractivity contribution is -0.127. The molecule has 1 N–H and O–H groups in total. The first-order valence-electron chi connectivity index (χ1n) is 13.9. The van der Waals surface area contributed by atoms with Gasteiger partial charge in [-0.1, -0.05) is 30.3 Å². The second-order valence-corrected chi connectivity index (χ2v) is 9.23. The topological polar surface area (TPSA) is 105 Å². The standard InChI is InChI=1S/C34H34N2O7/c1-4-39-28-14-12-27(13-15-28)34(38)43-31-20-11-26(21-32(31)40-5-2)22-35-36-33(37)24(3)42-30-18-16-29(17-19-30)41-23-25-9-7-6-8-10-25/h6-22,24H,4-5,23H2,1-3H3,(H,36,37)/b35-22-/t24-/m0/s1. The fourth-order valence-electron chi connectivity index (χ4n) is 3.84. The average molecular weight is 583 g/mol. The number of esters is 1. The highest BCUT2D eigenvalue weighted by molar-refractivity contribution is 5.92. The highest BCUT2D eigenvalue weighted by atomic mass is 16.6. The van der Waals surface area contributed by atoms with Crippen molar-refractivity contribution < 1.29 is 33.3 Å². The summed E-state index contributed by atoms with van der Waals surface area (Å²) in [5, 5.41) is 4.03. The Morgan fingerprint density at radius 1 is 0.767 bits per heavy atom. The van der Waals surface area contributed by atoms with Crippen LogP contribution in [0, 0.1) is 0 Å². The zero-order valence-electron chi connectivity index (χ0n) is 24.3. The summed E-state index contributed by atoms with van der Waals surface area (Å²) in [7, 11) is 0. The van der Waals surface area contributed by atoms with Gasteiger partial charge in [0.2, 0.25) is 0 Å². The van der Waals surface area contributed by atoms with Crippen LogP contribution in [0.25, 0.3) is 0 Å². The molecule has 9 heteroatoms. The maximum atomic E-state index is 12.7. The van der Waals surface area contributed by atoms with Crippen LogP contribution in [-0.4, -0.2) is 37.4 Å². The first-order valence-corrected chi connectivity index (χ1v) is 13.9. The number of ether oxygens (including phenoxy) is 5. The minimum Gasteiger partial charge on any atom is -0.494 e. The molecule has 0 aliphatic carbocycles. The molecule has 222 valence electrons. The maximum Gasteiger partial charge on any atom is 0.343 e. The maximum absolute atomic E-state index is 12.7. The third kappa shape index (κ3) is 9.36. The number of carbonyl (C=O) groups excluding carboxylic acids is 2. The molecule has 0 aliphatic heterocycles. The summed E-state index contributed by atoms with van der Waals surface area (Å²) in [5.74, 6) is 1.57. The molecule has 0 spiro atoms. The predicted octanol–water partition coefficient (Wildman–Crippen LogP) is 6.20. The first-order chi connectivity index (χ1) is 20.9. The largest absolute Gasteiger partial charge is 0.494 e. The Morgan fingerprint density at radius 3 is 2.12 bits per heavy atom. The fraction of sp³-hybridized carbons (Fsp3) is 0.206. The quantitative estimate of drug-likeness (QED) is 0.0817. The van der Waals surface area contributed by atoms with Gasteiger partial charge >= 0.3 is 5.97 Å². The SMILES string of the molecule is CCOc1ccc(C(=O)Oc2ccc(/C=N\NC(=O)[C@H](C)Oc3ccc(OCc4ccccc4)cc3)cc2OCC)cc1. The predicted molar refractivity (Wildman–Crippen MR) is 163 cm³/mol. The Morgan fingerprint density at radius 2 is 1.42 bits per heavy atom. The Labute approximate surface area is 251 Å². The monoisotopic (exact) mass is 582 g/mol. The molecule has 0 heterocycles. The van der Waals surface area contributed by atoms with Crippen LogP contribution >= 0.6 is 0 Å². The number of amides is 1. The molecule has 0 fully saturated rings. The molecule has 0 saturated carbocycles.